The summed E-state index contributed by atoms with van der Waals surface area (Å²) in [6.07, 6.45) is 3.56. The van der Waals surface area contributed by atoms with Crippen LogP contribution in [0.15, 0.2) is 30.6 Å². The van der Waals surface area contributed by atoms with Crippen molar-refractivity contribution in [2.45, 2.75) is 12.4 Å². The van der Waals surface area contributed by atoms with Crippen molar-refractivity contribution in [1.82, 2.24) is 9.78 Å². The van der Waals surface area contributed by atoms with Gasteiger partial charge in [-0.1, -0.05) is 17.7 Å². The highest BCUT2D eigenvalue weighted by molar-refractivity contribution is 6.30. The van der Waals surface area contributed by atoms with Crippen molar-refractivity contribution < 1.29 is 4.39 Å². The molecule has 2 nitrogen and oxygen atoms in total. The Balaban J connectivity index is 2.17. The zero-order valence-corrected chi connectivity index (χ0v) is 9.84. The molecule has 2 aromatic rings. The largest absolute Gasteiger partial charge is 0.268 e. The molecule has 1 aromatic carbocycles. The van der Waals surface area contributed by atoms with Gasteiger partial charge in [-0.05, 0) is 17.7 Å². The highest BCUT2D eigenvalue weighted by Gasteiger charge is 2.02. The van der Waals surface area contributed by atoms with Gasteiger partial charge < -0.3 is 0 Å². The fourth-order valence-electron chi connectivity index (χ4n) is 1.39. The molecule has 0 amide bonds. The number of rotatable bonds is 3. The van der Waals surface area contributed by atoms with Crippen LogP contribution in [0.25, 0.3) is 0 Å². The molecule has 0 aliphatic carbocycles. The Morgan fingerprint density at radius 1 is 1.31 bits per heavy atom. The third kappa shape index (κ3) is 2.54. The van der Waals surface area contributed by atoms with Gasteiger partial charge in [0.25, 0.3) is 0 Å². The molecule has 0 saturated carbocycles. The van der Waals surface area contributed by atoms with E-state index in [1.54, 1.807) is 23.0 Å². The predicted molar refractivity (Wildman–Crippen MR) is 62.3 cm³/mol. The molecule has 0 fully saturated rings. The number of benzene rings is 1. The Morgan fingerprint density at radius 3 is 2.75 bits per heavy atom. The summed E-state index contributed by atoms with van der Waals surface area (Å²) in [6, 6.07) is 4.63. The van der Waals surface area contributed by atoms with E-state index < -0.39 is 5.82 Å². The standard InChI is InChI=1S/C11H9Cl2FN2/c12-4-9-5-15-16(7-9)6-8-1-2-11(14)10(13)3-8/h1-3,5,7H,4,6H2. The van der Waals surface area contributed by atoms with Gasteiger partial charge in [0.15, 0.2) is 0 Å². The summed E-state index contributed by atoms with van der Waals surface area (Å²) < 4.78 is 14.7. The minimum atomic E-state index is -0.410. The second-order valence-corrected chi connectivity index (χ2v) is 4.10. The average Bonchev–Trinajstić information content (AvgIpc) is 2.71. The molecular formula is C11H9Cl2FN2. The minimum Gasteiger partial charge on any atom is -0.268 e. The molecule has 2 rings (SSSR count). The molecule has 1 heterocycles. The summed E-state index contributed by atoms with van der Waals surface area (Å²) in [5.74, 6) is 0.0248. The van der Waals surface area contributed by atoms with E-state index >= 15 is 0 Å². The number of halogens is 3. The Hall–Kier alpha value is -1.06. The van der Waals surface area contributed by atoms with E-state index in [1.807, 2.05) is 6.20 Å². The van der Waals surface area contributed by atoms with Gasteiger partial charge in [-0.15, -0.1) is 11.6 Å². The van der Waals surface area contributed by atoms with Crippen molar-refractivity contribution in [2.24, 2.45) is 0 Å². The van der Waals surface area contributed by atoms with Crippen LogP contribution >= 0.6 is 23.2 Å². The predicted octanol–water partition coefficient (Wildman–Crippen LogP) is 3.46. The highest BCUT2D eigenvalue weighted by Crippen LogP contribution is 2.16. The van der Waals surface area contributed by atoms with Gasteiger partial charge in [0, 0.05) is 11.8 Å². The first-order chi connectivity index (χ1) is 7.69. The number of hydrogen-bond acceptors (Lipinski definition) is 1. The van der Waals surface area contributed by atoms with Crippen LogP contribution in [0, 0.1) is 5.82 Å². The first-order valence-corrected chi connectivity index (χ1v) is 5.61. The first-order valence-electron chi connectivity index (χ1n) is 4.70. The first kappa shape index (κ1) is 11.4. The minimum absolute atomic E-state index is 0.127. The van der Waals surface area contributed by atoms with Gasteiger partial charge in [0.2, 0.25) is 0 Å². The average molecular weight is 259 g/mol. The summed E-state index contributed by atoms with van der Waals surface area (Å²) in [5.41, 5.74) is 1.85. The molecule has 0 saturated heterocycles. The lowest BCUT2D eigenvalue weighted by Crippen LogP contribution is -2.00. The van der Waals surface area contributed by atoms with Gasteiger partial charge in [0.1, 0.15) is 5.82 Å². The molecule has 0 atom stereocenters. The van der Waals surface area contributed by atoms with Crippen LogP contribution in [0.1, 0.15) is 11.1 Å². The van der Waals surface area contributed by atoms with Gasteiger partial charge in [-0.25, -0.2) is 4.39 Å². The van der Waals surface area contributed by atoms with Gasteiger partial charge in [-0.2, -0.15) is 5.10 Å². The van der Waals surface area contributed by atoms with Crippen molar-refractivity contribution in [3.8, 4) is 0 Å². The third-order valence-electron chi connectivity index (χ3n) is 2.17. The SMILES string of the molecule is Fc1ccc(Cn2cc(CCl)cn2)cc1Cl. The van der Waals surface area contributed by atoms with Crippen molar-refractivity contribution in [1.29, 1.82) is 0 Å². The van der Waals surface area contributed by atoms with E-state index in [0.717, 1.165) is 11.1 Å². The second-order valence-electron chi connectivity index (χ2n) is 3.43. The summed E-state index contributed by atoms with van der Waals surface area (Å²) in [4.78, 5) is 0. The van der Waals surface area contributed by atoms with E-state index in [9.17, 15) is 4.39 Å². The fourth-order valence-corrected chi connectivity index (χ4v) is 1.73. The zero-order chi connectivity index (χ0) is 11.5. The lowest BCUT2D eigenvalue weighted by molar-refractivity contribution is 0.625. The van der Waals surface area contributed by atoms with Gasteiger partial charge >= 0.3 is 0 Å². The monoisotopic (exact) mass is 258 g/mol. The van der Waals surface area contributed by atoms with E-state index in [0.29, 0.717) is 12.4 Å². The maximum absolute atomic E-state index is 12.9. The zero-order valence-electron chi connectivity index (χ0n) is 8.33. The molecule has 0 unspecified atom stereocenters. The lowest BCUT2D eigenvalue weighted by atomic mass is 10.2. The molecule has 1 aromatic heterocycles. The van der Waals surface area contributed by atoms with Crippen LogP contribution in [-0.4, -0.2) is 9.78 Å². The summed E-state index contributed by atoms with van der Waals surface area (Å²) in [5, 5.41) is 4.26. The molecule has 0 aliphatic heterocycles. The Bertz CT molecular complexity index is 496. The van der Waals surface area contributed by atoms with E-state index in [1.165, 1.54) is 6.07 Å². The molecule has 0 bridgehead atoms. The molecule has 0 spiro atoms. The maximum Gasteiger partial charge on any atom is 0.141 e. The van der Waals surface area contributed by atoms with Crippen molar-refractivity contribution in [3.63, 3.8) is 0 Å². The van der Waals surface area contributed by atoms with E-state index in [4.69, 9.17) is 23.2 Å². The fraction of sp³-hybridized carbons (Fsp3) is 0.182. The molecular weight excluding hydrogens is 250 g/mol. The molecule has 5 heteroatoms. The van der Waals surface area contributed by atoms with Crippen LogP contribution in [0.2, 0.25) is 5.02 Å². The Morgan fingerprint density at radius 2 is 2.12 bits per heavy atom. The maximum atomic E-state index is 12.9. The molecule has 84 valence electrons. The van der Waals surface area contributed by atoms with Crippen LogP contribution in [0.5, 0.6) is 0 Å². The highest BCUT2D eigenvalue weighted by atomic mass is 35.5. The molecule has 0 radical (unpaired) electrons. The topological polar surface area (TPSA) is 17.8 Å². The van der Waals surface area contributed by atoms with Crippen molar-refractivity contribution in [2.75, 3.05) is 0 Å². The smallest absolute Gasteiger partial charge is 0.141 e. The van der Waals surface area contributed by atoms with Crippen LogP contribution in [0.3, 0.4) is 0 Å². The second kappa shape index (κ2) is 4.85. The van der Waals surface area contributed by atoms with Crippen LogP contribution < -0.4 is 0 Å². The lowest BCUT2D eigenvalue weighted by Gasteiger charge is -2.02. The molecule has 16 heavy (non-hydrogen) atoms. The molecule has 0 N–H and O–H groups in total. The Labute approximate surface area is 103 Å². The third-order valence-corrected chi connectivity index (χ3v) is 2.77. The number of nitrogens with zero attached hydrogens (tertiary/aromatic N) is 2. The van der Waals surface area contributed by atoms with E-state index in [-0.39, 0.29) is 5.02 Å². The normalized spacial score (nSPS) is 10.7. The molecule has 0 aliphatic rings. The van der Waals surface area contributed by atoms with Crippen LogP contribution in [0.4, 0.5) is 4.39 Å². The summed E-state index contributed by atoms with van der Waals surface area (Å²) in [7, 11) is 0. The van der Waals surface area contributed by atoms with Gasteiger partial charge in [0.05, 0.1) is 23.6 Å². The quantitative estimate of drug-likeness (QED) is 0.772. The van der Waals surface area contributed by atoms with Gasteiger partial charge in [-0.3, -0.25) is 4.68 Å². The van der Waals surface area contributed by atoms with Crippen molar-refractivity contribution in [3.05, 3.63) is 52.6 Å². The van der Waals surface area contributed by atoms with Crippen molar-refractivity contribution >= 4 is 23.2 Å². The summed E-state index contributed by atoms with van der Waals surface area (Å²) in [6.45, 7) is 0.552. The Kier molecular flexibility index (Phi) is 3.46. The van der Waals surface area contributed by atoms with E-state index in [2.05, 4.69) is 5.10 Å². The number of alkyl halides is 1. The number of hydrogen-bond donors (Lipinski definition) is 0. The summed E-state index contributed by atoms with van der Waals surface area (Å²) >= 11 is 11.4. The van der Waals surface area contributed by atoms with Crippen LogP contribution in [-0.2, 0) is 12.4 Å². The number of aromatic nitrogens is 2.